The van der Waals surface area contributed by atoms with Crippen LogP contribution in [-0.4, -0.2) is 47.2 Å². The number of rotatable bonds is 3. The number of nitrogens with one attached hydrogen (secondary N) is 2. The molecule has 1 saturated heterocycles. The van der Waals surface area contributed by atoms with E-state index in [9.17, 15) is 4.79 Å². The molecule has 130 valence electrons. The lowest BCUT2D eigenvalue weighted by atomic mass is 9.67. The lowest BCUT2D eigenvalue weighted by Gasteiger charge is -2.48. The zero-order valence-corrected chi connectivity index (χ0v) is 14.1. The molecule has 4 rings (SSSR count). The van der Waals surface area contributed by atoms with E-state index in [4.69, 9.17) is 5.21 Å². The van der Waals surface area contributed by atoms with E-state index < -0.39 is 5.91 Å². The Bertz CT molecular complexity index is 619. The number of nitrogens with zero attached hydrogens (tertiary/aromatic N) is 2. The summed E-state index contributed by atoms with van der Waals surface area (Å²) in [5.41, 5.74) is 4.95. The van der Waals surface area contributed by atoms with Crippen molar-refractivity contribution in [3.05, 3.63) is 29.1 Å². The molecule has 0 aromatic carbocycles. The van der Waals surface area contributed by atoms with Crippen LogP contribution in [0.3, 0.4) is 0 Å². The quantitative estimate of drug-likeness (QED) is 0.576. The Morgan fingerprint density at radius 1 is 1.42 bits per heavy atom. The first kappa shape index (κ1) is 16.0. The highest BCUT2D eigenvalue weighted by Crippen LogP contribution is 2.42. The number of hydrogen-bond donors (Lipinski definition) is 3. The van der Waals surface area contributed by atoms with Crippen molar-refractivity contribution in [3.63, 3.8) is 0 Å². The largest absolute Gasteiger partial charge is 0.316 e. The second kappa shape index (κ2) is 6.43. The minimum atomic E-state index is -0.491. The fourth-order valence-corrected chi connectivity index (χ4v) is 4.48. The highest BCUT2D eigenvalue weighted by Gasteiger charge is 2.40. The predicted octanol–water partition coefficient (Wildman–Crippen LogP) is 1.34. The summed E-state index contributed by atoms with van der Waals surface area (Å²) in [7, 11) is 0. The Kier molecular flexibility index (Phi) is 4.28. The number of pyridine rings is 1. The van der Waals surface area contributed by atoms with E-state index in [1.165, 1.54) is 45.3 Å². The summed E-state index contributed by atoms with van der Waals surface area (Å²) in [5, 5.41) is 12.2. The summed E-state index contributed by atoms with van der Waals surface area (Å²) in [6, 6.07) is 1.86. The number of fused-ring (bicyclic) bond motifs is 1. The molecule has 0 bridgehead atoms. The van der Waals surface area contributed by atoms with Crippen LogP contribution >= 0.6 is 0 Å². The number of hydrogen-bond acceptors (Lipinski definition) is 5. The van der Waals surface area contributed by atoms with E-state index in [2.05, 4.69) is 15.2 Å². The van der Waals surface area contributed by atoms with Crippen molar-refractivity contribution in [3.8, 4) is 0 Å². The molecule has 1 aliphatic carbocycles. The van der Waals surface area contributed by atoms with Gasteiger partial charge in [0, 0.05) is 38.9 Å². The van der Waals surface area contributed by atoms with Gasteiger partial charge in [-0.2, -0.15) is 0 Å². The van der Waals surface area contributed by atoms with Gasteiger partial charge in [0.25, 0.3) is 5.91 Å². The van der Waals surface area contributed by atoms with E-state index >= 15 is 0 Å². The normalized spacial score (nSPS) is 23.5. The monoisotopic (exact) mass is 330 g/mol. The molecule has 1 spiro atoms. The second-order valence-corrected chi connectivity index (χ2v) is 7.80. The molecule has 1 saturated carbocycles. The zero-order chi connectivity index (χ0) is 16.6. The third-order valence-electron chi connectivity index (χ3n) is 6.18. The minimum Gasteiger partial charge on any atom is -0.316 e. The van der Waals surface area contributed by atoms with E-state index in [0.29, 0.717) is 11.0 Å². The van der Waals surface area contributed by atoms with Crippen LogP contribution < -0.4 is 10.8 Å². The third kappa shape index (κ3) is 3.06. The first-order chi connectivity index (χ1) is 11.7. The van der Waals surface area contributed by atoms with Gasteiger partial charge in [-0.15, -0.1) is 0 Å². The molecular formula is C18H26N4O2. The van der Waals surface area contributed by atoms with Crippen molar-refractivity contribution in [2.75, 3.05) is 26.2 Å². The SMILES string of the molecule is O=C(NO)c1cnc2c(c1)CCN(CC1CCC3(CC1)CNC3)C2. The van der Waals surface area contributed by atoms with Crippen LogP contribution in [0.5, 0.6) is 0 Å². The number of carbonyl (C=O) groups is 1. The molecule has 3 aliphatic rings. The van der Waals surface area contributed by atoms with Crippen LogP contribution in [0, 0.1) is 11.3 Å². The molecule has 1 aromatic heterocycles. The van der Waals surface area contributed by atoms with Crippen LogP contribution in [0.2, 0.25) is 0 Å². The van der Waals surface area contributed by atoms with Crippen LogP contribution in [0.15, 0.2) is 12.3 Å². The second-order valence-electron chi connectivity index (χ2n) is 7.80. The molecule has 0 unspecified atom stereocenters. The fraction of sp³-hybridized carbons (Fsp3) is 0.667. The van der Waals surface area contributed by atoms with Crippen molar-refractivity contribution in [2.45, 2.75) is 38.6 Å². The molecule has 3 N–H and O–H groups in total. The molecule has 6 nitrogen and oxygen atoms in total. The minimum absolute atomic E-state index is 0.427. The number of carbonyl (C=O) groups excluding carboxylic acids is 1. The summed E-state index contributed by atoms with van der Waals surface area (Å²) in [5.74, 6) is 0.326. The Labute approximate surface area is 142 Å². The van der Waals surface area contributed by atoms with Crippen LogP contribution in [0.1, 0.15) is 47.3 Å². The maximum Gasteiger partial charge on any atom is 0.276 e. The molecule has 3 heterocycles. The van der Waals surface area contributed by atoms with Crippen molar-refractivity contribution in [1.82, 2.24) is 20.7 Å². The third-order valence-corrected chi connectivity index (χ3v) is 6.18. The molecule has 1 amide bonds. The Morgan fingerprint density at radius 3 is 2.88 bits per heavy atom. The molecule has 6 heteroatoms. The summed E-state index contributed by atoms with van der Waals surface area (Å²) in [4.78, 5) is 18.5. The smallest absolute Gasteiger partial charge is 0.276 e. The van der Waals surface area contributed by atoms with Gasteiger partial charge in [0.2, 0.25) is 0 Å². The van der Waals surface area contributed by atoms with Gasteiger partial charge in [-0.25, -0.2) is 5.48 Å². The predicted molar refractivity (Wildman–Crippen MR) is 89.7 cm³/mol. The van der Waals surface area contributed by atoms with Gasteiger partial charge in [-0.1, -0.05) is 0 Å². The van der Waals surface area contributed by atoms with Crippen molar-refractivity contribution >= 4 is 5.91 Å². The average molecular weight is 330 g/mol. The van der Waals surface area contributed by atoms with Crippen molar-refractivity contribution in [2.24, 2.45) is 11.3 Å². The first-order valence-electron chi connectivity index (χ1n) is 9.03. The molecule has 0 atom stereocenters. The average Bonchev–Trinajstić information content (AvgIpc) is 2.60. The fourth-order valence-electron chi connectivity index (χ4n) is 4.48. The molecule has 1 aromatic rings. The van der Waals surface area contributed by atoms with Gasteiger partial charge in [0.1, 0.15) is 0 Å². The Balaban J connectivity index is 1.34. The standard InChI is InChI=1S/C18H26N4O2/c23-17(21-24)15-7-14-3-6-22(10-16(14)20-8-15)9-13-1-4-18(5-2-13)11-19-12-18/h7-8,13,19,24H,1-6,9-12H2,(H,21,23). The van der Waals surface area contributed by atoms with Crippen molar-refractivity contribution in [1.29, 1.82) is 0 Å². The van der Waals surface area contributed by atoms with E-state index in [1.807, 2.05) is 6.07 Å². The molecule has 2 fully saturated rings. The van der Waals surface area contributed by atoms with Crippen molar-refractivity contribution < 1.29 is 10.0 Å². The van der Waals surface area contributed by atoms with Crippen LogP contribution in [-0.2, 0) is 13.0 Å². The van der Waals surface area contributed by atoms with Gasteiger partial charge in [-0.05, 0) is 55.1 Å². The summed E-state index contributed by atoms with van der Waals surface area (Å²) >= 11 is 0. The maximum atomic E-state index is 11.5. The lowest BCUT2D eigenvalue weighted by Crippen LogP contribution is -2.55. The van der Waals surface area contributed by atoms with E-state index in [0.717, 1.165) is 36.7 Å². The first-order valence-corrected chi connectivity index (χ1v) is 9.03. The Hall–Kier alpha value is -1.50. The molecular weight excluding hydrogens is 304 g/mol. The molecule has 2 aliphatic heterocycles. The van der Waals surface area contributed by atoms with Gasteiger partial charge >= 0.3 is 0 Å². The number of aromatic nitrogens is 1. The van der Waals surface area contributed by atoms with Gasteiger partial charge in [0.05, 0.1) is 11.3 Å². The number of hydroxylamine groups is 1. The molecule has 24 heavy (non-hydrogen) atoms. The maximum absolute atomic E-state index is 11.5. The van der Waals surface area contributed by atoms with Gasteiger partial charge in [0.15, 0.2) is 0 Å². The number of amides is 1. The van der Waals surface area contributed by atoms with Gasteiger partial charge < -0.3 is 5.32 Å². The lowest BCUT2D eigenvalue weighted by molar-refractivity contribution is 0.0659. The van der Waals surface area contributed by atoms with Crippen LogP contribution in [0.4, 0.5) is 0 Å². The molecule has 0 radical (unpaired) electrons. The highest BCUT2D eigenvalue weighted by atomic mass is 16.5. The summed E-state index contributed by atoms with van der Waals surface area (Å²) in [6.45, 7) is 5.53. The summed E-state index contributed by atoms with van der Waals surface area (Å²) in [6.07, 6.45) is 7.96. The summed E-state index contributed by atoms with van der Waals surface area (Å²) < 4.78 is 0. The van der Waals surface area contributed by atoms with E-state index in [-0.39, 0.29) is 0 Å². The Morgan fingerprint density at radius 2 is 2.21 bits per heavy atom. The zero-order valence-electron chi connectivity index (χ0n) is 14.1. The van der Waals surface area contributed by atoms with Gasteiger partial charge in [-0.3, -0.25) is 19.9 Å². The van der Waals surface area contributed by atoms with E-state index in [1.54, 1.807) is 11.7 Å². The highest BCUT2D eigenvalue weighted by molar-refractivity contribution is 5.93. The van der Waals surface area contributed by atoms with Crippen LogP contribution in [0.25, 0.3) is 0 Å². The topological polar surface area (TPSA) is 77.5 Å².